The summed E-state index contributed by atoms with van der Waals surface area (Å²) in [6.07, 6.45) is 0. The average Bonchev–Trinajstić information content (AvgIpc) is 2.23. The number of carbonyl (C=O) groups is 2. The van der Waals surface area contributed by atoms with Gasteiger partial charge in [0.05, 0.1) is 6.54 Å². The Morgan fingerprint density at radius 3 is 2.88 bits per heavy atom. The first-order chi connectivity index (χ1) is 7.58. The second kappa shape index (κ2) is 4.25. The number of halogens is 1. The summed E-state index contributed by atoms with van der Waals surface area (Å²) < 4.78 is 0.889. The molecule has 1 fully saturated rings. The molecule has 2 amide bonds. The summed E-state index contributed by atoms with van der Waals surface area (Å²) in [5.41, 5.74) is 0.791. The van der Waals surface area contributed by atoms with Gasteiger partial charge in [-0.25, -0.2) is 0 Å². The van der Waals surface area contributed by atoms with Gasteiger partial charge in [-0.2, -0.15) is 0 Å². The highest BCUT2D eigenvalue weighted by atomic mass is 79.9. The summed E-state index contributed by atoms with van der Waals surface area (Å²) in [7, 11) is 1.63. The number of benzene rings is 1. The second-order valence-corrected chi connectivity index (χ2v) is 4.67. The molecule has 1 aromatic carbocycles. The molecular weight excluding hydrogens is 272 g/mol. The van der Waals surface area contributed by atoms with Gasteiger partial charge in [0, 0.05) is 11.5 Å². The van der Waals surface area contributed by atoms with E-state index in [4.69, 9.17) is 0 Å². The topological polar surface area (TPSA) is 49.4 Å². The normalized spacial score (nSPS) is 20.9. The van der Waals surface area contributed by atoms with Gasteiger partial charge in [-0.15, -0.1) is 0 Å². The summed E-state index contributed by atoms with van der Waals surface area (Å²) >= 11 is 3.34. The molecular formula is C11H11BrN2O2. The lowest BCUT2D eigenvalue weighted by molar-refractivity contribution is -0.143. The van der Waals surface area contributed by atoms with Crippen LogP contribution in [0.2, 0.25) is 0 Å². The minimum Gasteiger partial charge on any atom is -0.339 e. The van der Waals surface area contributed by atoms with E-state index >= 15 is 0 Å². The molecule has 0 spiro atoms. The first-order valence-corrected chi connectivity index (χ1v) is 5.67. The lowest BCUT2D eigenvalue weighted by Crippen LogP contribution is -2.51. The van der Waals surface area contributed by atoms with Crippen LogP contribution >= 0.6 is 15.9 Å². The Bertz CT molecular complexity index is 447. The van der Waals surface area contributed by atoms with Crippen LogP contribution in [0.3, 0.4) is 0 Å². The van der Waals surface area contributed by atoms with Crippen molar-refractivity contribution in [3.05, 3.63) is 34.3 Å². The monoisotopic (exact) mass is 282 g/mol. The van der Waals surface area contributed by atoms with Crippen molar-refractivity contribution in [3.8, 4) is 0 Å². The molecule has 16 heavy (non-hydrogen) atoms. The molecule has 1 saturated heterocycles. The van der Waals surface area contributed by atoms with Crippen molar-refractivity contribution in [1.29, 1.82) is 0 Å². The number of likely N-dealkylation sites (N-methyl/N-ethyl adjacent to an activating group) is 1. The average molecular weight is 283 g/mol. The highest BCUT2D eigenvalue weighted by molar-refractivity contribution is 9.10. The van der Waals surface area contributed by atoms with Crippen LogP contribution in [0.25, 0.3) is 0 Å². The number of rotatable bonds is 1. The van der Waals surface area contributed by atoms with Gasteiger partial charge in [0.25, 0.3) is 0 Å². The Labute approximate surface area is 102 Å². The van der Waals surface area contributed by atoms with Gasteiger partial charge >= 0.3 is 0 Å². The second-order valence-electron chi connectivity index (χ2n) is 3.75. The fourth-order valence-corrected chi connectivity index (χ4v) is 2.11. The molecule has 2 rings (SSSR count). The number of piperazine rings is 1. The molecule has 0 aromatic heterocycles. The number of nitrogens with one attached hydrogen (secondary N) is 1. The van der Waals surface area contributed by atoms with Crippen molar-refractivity contribution in [3.63, 3.8) is 0 Å². The standard InChI is InChI=1S/C11H11BrN2O2/c1-14-6-9(15)13-10(11(14)16)7-3-2-4-8(12)5-7/h2-5,10H,6H2,1H3,(H,13,15)/t10-/m1/s1. The fraction of sp³-hybridized carbons (Fsp3) is 0.273. The Kier molecular flexibility index (Phi) is 2.96. The maximum absolute atomic E-state index is 11.9. The van der Waals surface area contributed by atoms with E-state index in [2.05, 4.69) is 21.2 Å². The van der Waals surface area contributed by atoms with Crippen molar-refractivity contribution >= 4 is 27.7 Å². The SMILES string of the molecule is CN1CC(=O)N[C@H](c2cccc(Br)c2)C1=O. The molecule has 4 nitrogen and oxygen atoms in total. The Morgan fingerprint density at radius 2 is 2.19 bits per heavy atom. The van der Waals surface area contributed by atoms with E-state index in [9.17, 15) is 9.59 Å². The number of hydrogen-bond donors (Lipinski definition) is 1. The summed E-state index contributed by atoms with van der Waals surface area (Å²) in [5.74, 6) is -0.218. The van der Waals surface area contributed by atoms with Crippen molar-refractivity contribution in [2.24, 2.45) is 0 Å². The number of amides is 2. The lowest BCUT2D eigenvalue weighted by Gasteiger charge is -2.29. The van der Waals surface area contributed by atoms with E-state index in [0.717, 1.165) is 10.0 Å². The summed E-state index contributed by atoms with van der Waals surface area (Å²) in [4.78, 5) is 24.7. The van der Waals surface area contributed by atoms with Crippen LogP contribution in [0.15, 0.2) is 28.7 Å². The van der Waals surface area contributed by atoms with Crippen molar-refractivity contribution < 1.29 is 9.59 Å². The van der Waals surface area contributed by atoms with Crippen LogP contribution in [0.4, 0.5) is 0 Å². The largest absolute Gasteiger partial charge is 0.339 e. The highest BCUT2D eigenvalue weighted by Gasteiger charge is 2.31. The zero-order chi connectivity index (χ0) is 11.7. The molecule has 5 heteroatoms. The molecule has 0 radical (unpaired) electrons. The van der Waals surface area contributed by atoms with Gasteiger partial charge in [0.15, 0.2) is 0 Å². The van der Waals surface area contributed by atoms with E-state index in [1.165, 1.54) is 4.90 Å². The molecule has 1 N–H and O–H groups in total. The first kappa shape index (κ1) is 11.1. The van der Waals surface area contributed by atoms with E-state index in [1.54, 1.807) is 7.05 Å². The molecule has 0 aliphatic carbocycles. The Morgan fingerprint density at radius 1 is 1.44 bits per heavy atom. The van der Waals surface area contributed by atoms with Gasteiger partial charge in [-0.3, -0.25) is 9.59 Å². The van der Waals surface area contributed by atoms with Crippen LogP contribution < -0.4 is 5.32 Å². The fourth-order valence-electron chi connectivity index (χ4n) is 1.69. The van der Waals surface area contributed by atoms with Gasteiger partial charge in [-0.05, 0) is 17.7 Å². The summed E-state index contributed by atoms with van der Waals surface area (Å²) in [6, 6.07) is 6.81. The van der Waals surface area contributed by atoms with Gasteiger partial charge in [-0.1, -0.05) is 28.1 Å². The van der Waals surface area contributed by atoms with Crippen LogP contribution in [-0.2, 0) is 9.59 Å². The Balaban J connectivity index is 2.32. The summed E-state index contributed by atoms with van der Waals surface area (Å²) in [5, 5.41) is 2.69. The van der Waals surface area contributed by atoms with Gasteiger partial charge in [0.2, 0.25) is 11.8 Å². The quantitative estimate of drug-likeness (QED) is 0.838. The van der Waals surface area contributed by atoms with Crippen LogP contribution in [0.5, 0.6) is 0 Å². The first-order valence-electron chi connectivity index (χ1n) is 4.88. The van der Waals surface area contributed by atoms with Gasteiger partial charge < -0.3 is 10.2 Å². The third kappa shape index (κ3) is 2.09. The van der Waals surface area contributed by atoms with E-state index < -0.39 is 6.04 Å². The van der Waals surface area contributed by atoms with Crippen molar-refractivity contribution in [2.45, 2.75) is 6.04 Å². The summed E-state index contributed by atoms with van der Waals surface area (Å²) in [6.45, 7) is 0.128. The molecule has 1 atom stereocenters. The molecule has 1 aliphatic rings. The van der Waals surface area contributed by atoms with E-state index in [1.807, 2.05) is 24.3 Å². The number of carbonyl (C=O) groups excluding carboxylic acids is 2. The molecule has 0 saturated carbocycles. The third-order valence-electron chi connectivity index (χ3n) is 2.49. The molecule has 0 bridgehead atoms. The predicted octanol–water partition coefficient (Wildman–Crippen LogP) is 1.08. The molecule has 84 valence electrons. The smallest absolute Gasteiger partial charge is 0.250 e. The van der Waals surface area contributed by atoms with Gasteiger partial charge in [0.1, 0.15) is 6.04 Å². The Hall–Kier alpha value is -1.36. The highest BCUT2D eigenvalue weighted by Crippen LogP contribution is 2.21. The van der Waals surface area contributed by atoms with Crippen LogP contribution in [0.1, 0.15) is 11.6 Å². The molecule has 1 aromatic rings. The van der Waals surface area contributed by atoms with E-state index in [-0.39, 0.29) is 18.4 Å². The number of nitrogens with zero attached hydrogens (tertiary/aromatic N) is 1. The minimum atomic E-state index is -0.566. The third-order valence-corrected chi connectivity index (χ3v) is 2.98. The molecule has 1 aliphatic heterocycles. The maximum Gasteiger partial charge on any atom is 0.250 e. The molecule has 0 unspecified atom stereocenters. The minimum absolute atomic E-state index is 0.0855. The van der Waals surface area contributed by atoms with Crippen LogP contribution in [0, 0.1) is 0 Å². The molecule has 1 heterocycles. The van der Waals surface area contributed by atoms with Crippen molar-refractivity contribution in [1.82, 2.24) is 10.2 Å². The van der Waals surface area contributed by atoms with Crippen LogP contribution in [-0.4, -0.2) is 30.3 Å². The maximum atomic E-state index is 11.9. The predicted molar refractivity (Wildman–Crippen MR) is 62.7 cm³/mol. The van der Waals surface area contributed by atoms with Crippen molar-refractivity contribution in [2.75, 3.05) is 13.6 Å². The number of hydrogen-bond acceptors (Lipinski definition) is 2. The zero-order valence-electron chi connectivity index (χ0n) is 8.74. The zero-order valence-corrected chi connectivity index (χ0v) is 10.3. The lowest BCUT2D eigenvalue weighted by atomic mass is 10.0. The van der Waals surface area contributed by atoms with E-state index in [0.29, 0.717) is 0 Å².